The van der Waals surface area contributed by atoms with Crippen LogP contribution in [0.2, 0.25) is 10.0 Å². The predicted molar refractivity (Wildman–Crippen MR) is 72.1 cm³/mol. The van der Waals surface area contributed by atoms with Crippen molar-refractivity contribution in [1.29, 1.82) is 0 Å². The maximum absolute atomic E-state index is 11.8. The average Bonchev–Trinajstić information content (AvgIpc) is 2.70. The van der Waals surface area contributed by atoms with E-state index in [1.54, 1.807) is 18.2 Å². The van der Waals surface area contributed by atoms with Gasteiger partial charge in [-0.2, -0.15) is 5.10 Å². The lowest BCUT2D eigenvalue weighted by Crippen LogP contribution is -2.14. The summed E-state index contributed by atoms with van der Waals surface area (Å²) in [7, 11) is 0. The summed E-state index contributed by atoms with van der Waals surface area (Å²) in [5.41, 5.74) is 2.10. The van der Waals surface area contributed by atoms with Gasteiger partial charge < -0.3 is 5.32 Å². The number of H-pyrrole nitrogens is 1. The number of benzene rings is 1. The van der Waals surface area contributed by atoms with Crippen LogP contribution in [-0.4, -0.2) is 16.1 Å². The second-order valence-electron chi connectivity index (χ2n) is 3.87. The molecule has 1 aromatic heterocycles. The Morgan fingerprint density at radius 1 is 1.44 bits per heavy atom. The highest BCUT2D eigenvalue weighted by molar-refractivity contribution is 6.43. The molecule has 2 aromatic rings. The van der Waals surface area contributed by atoms with Crippen molar-refractivity contribution in [2.75, 3.05) is 5.32 Å². The summed E-state index contributed by atoms with van der Waals surface area (Å²) in [6, 6.07) is 6.90. The van der Waals surface area contributed by atoms with Crippen LogP contribution in [-0.2, 0) is 11.2 Å². The molecule has 0 saturated carbocycles. The van der Waals surface area contributed by atoms with Gasteiger partial charge in [0.2, 0.25) is 5.91 Å². The van der Waals surface area contributed by atoms with E-state index in [1.165, 1.54) is 0 Å². The first-order chi connectivity index (χ1) is 8.56. The van der Waals surface area contributed by atoms with Crippen molar-refractivity contribution >= 4 is 34.8 Å². The summed E-state index contributed by atoms with van der Waals surface area (Å²) in [4.78, 5) is 11.8. The van der Waals surface area contributed by atoms with E-state index in [-0.39, 0.29) is 12.3 Å². The Bertz CT molecular complexity index is 580. The molecule has 0 aliphatic rings. The van der Waals surface area contributed by atoms with Gasteiger partial charge in [-0.3, -0.25) is 9.89 Å². The molecule has 0 saturated heterocycles. The summed E-state index contributed by atoms with van der Waals surface area (Å²) in [6.07, 6.45) is 0.188. The highest BCUT2D eigenvalue weighted by Crippen LogP contribution is 2.29. The molecule has 2 rings (SSSR count). The zero-order chi connectivity index (χ0) is 13.1. The Balaban J connectivity index is 2.05. The molecule has 6 heteroatoms. The highest BCUT2D eigenvalue weighted by Gasteiger charge is 2.10. The standard InChI is InChI=1S/C12H11Cl2N3O/c1-7-5-8(17-16-7)6-11(18)15-10-4-2-3-9(13)12(10)14/h2-5H,6H2,1H3,(H,15,18)(H,16,17). The maximum atomic E-state index is 11.8. The molecule has 0 atom stereocenters. The highest BCUT2D eigenvalue weighted by atomic mass is 35.5. The Labute approximate surface area is 114 Å². The van der Waals surface area contributed by atoms with E-state index < -0.39 is 0 Å². The zero-order valence-corrected chi connectivity index (χ0v) is 11.1. The van der Waals surface area contributed by atoms with Crippen LogP contribution in [0.4, 0.5) is 5.69 Å². The number of halogens is 2. The van der Waals surface area contributed by atoms with Gasteiger partial charge >= 0.3 is 0 Å². The fourth-order valence-electron chi connectivity index (χ4n) is 1.52. The van der Waals surface area contributed by atoms with Crippen LogP contribution in [0.25, 0.3) is 0 Å². The molecule has 1 aromatic carbocycles. The average molecular weight is 284 g/mol. The van der Waals surface area contributed by atoms with Crippen LogP contribution in [0.1, 0.15) is 11.4 Å². The van der Waals surface area contributed by atoms with Gasteiger partial charge in [0.15, 0.2) is 0 Å². The Morgan fingerprint density at radius 2 is 2.22 bits per heavy atom. The first-order valence-electron chi connectivity index (χ1n) is 5.31. The number of amides is 1. The van der Waals surface area contributed by atoms with E-state index in [0.717, 1.165) is 5.69 Å². The molecule has 0 fully saturated rings. The Kier molecular flexibility index (Phi) is 3.89. The van der Waals surface area contributed by atoms with Crippen molar-refractivity contribution in [2.24, 2.45) is 0 Å². The third kappa shape index (κ3) is 3.03. The number of anilines is 1. The van der Waals surface area contributed by atoms with Crippen molar-refractivity contribution in [3.8, 4) is 0 Å². The molecule has 0 unspecified atom stereocenters. The number of aromatic amines is 1. The van der Waals surface area contributed by atoms with Crippen LogP contribution < -0.4 is 5.32 Å². The molecule has 1 amide bonds. The van der Waals surface area contributed by atoms with Crippen molar-refractivity contribution < 1.29 is 4.79 Å². The first-order valence-corrected chi connectivity index (χ1v) is 6.06. The molecular formula is C12H11Cl2N3O. The number of hydrogen-bond acceptors (Lipinski definition) is 2. The van der Waals surface area contributed by atoms with Crippen molar-refractivity contribution in [3.05, 3.63) is 45.7 Å². The van der Waals surface area contributed by atoms with E-state index in [0.29, 0.717) is 21.4 Å². The van der Waals surface area contributed by atoms with Crippen LogP contribution >= 0.6 is 23.2 Å². The van der Waals surface area contributed by atoms with Gasteiger partial charge in [0.05, 0.1) is 27.8 Å². The van der Waals surface area contributed by atoms with E-state index in [9.17, 15) is 4.79 Å². The molecular weight excluding hydrogens is 273 g/mol. The Hall–Kier alpha value is -1.52. The summed E-state index contributed by atoms with van der Waals surface area (Å²) in [6.45, 7) is 1.88. The molecule has 0 bridgehead atoms. The van der Waals surface area contributed by atoms with Gasteiger partial charge in [0, 0.05) is 5.69 Å². The third-order valence-electron chi connectivity index (χ3n) is 2.33. The fourth-order valence-corrected chi connectivity index (χ4v) is 1.87. The van der Waals surface area contributed by atoms with E-state index in [2.05, 4.69) is 15.5 Å². The van der Waals surface area contributed by atoms with Crippen molar-refractivity contribution in [1.82, 2.24) is 10.2 Å². The molecule has 4 nitrogen and oxygen atoms in total. The summed E-state index contributed by atoms with van der Waals surface area (Å²) in [5.74, 6) is -0.189. The topological polar surface area (TPSA) is 57.8 Å². The van der Waals surface area contributed by atoms with E-state index in [4.69, 9.17) is 23.2 Å². The minimum Gasteiger partial charge on any atom is -0.324 e. The molecule has 2 N–H and O–H groups in total. The van der Waals surface area contributed by atoms with Crippen LogP contribution in [0, 0.1) is 6.92 Å². The van der Waals surface area contributed by atoms with Crippen LogP contribution in [0.15, 0.2) is 24.3 Å². The molecule has 0 radical (unpaired) electrons. The Morgan fingerprint density at radius 3 is 2.89 bits per heavy atom. The number of aromatic nitrogens is 2. The summed E-state index contributed by atoms with van der Waals surface area (Å²) >= 11 is 11.8. The summed E-state index contributed by atoms with van der Waals surface area (Å²) < 4.78 is 0. The lowest BCUT2D eigenvalue weighted by Gasteiger charge is -2.07. The molecule has 18 heavy (non-hydrogen) atoms. The number of nitrogens with zero attached hydrogens (tertiary/aromatic N) is 1. The largest absolute Gasteiger partial charge is 0.324 e. The van der Waals surface area contributed by atoms with Gasteiger partial charge in [-0.25, -0.2) is 0 Å². The molecule has 0 aliphatic carbocycles. The SMILES string of the molecule is Cc1cc(CC(=O)Nc2cccc(Cl)c2Cl)n[nH]1. The van der Waals surface area contributed by atoms with E-state index in [1.807, 2.05) is 13.0 Å². The lowest BCUT2D eigenvalue weighted by atomic mass is 10.2. The minimum absolute atomic E-state index is 0.188. The molecule has 0 aliphatic heterocycles. The minimum atomic E-state index is -0.189. The number of aryl methyl sites for hydroxylation is 1. The maximum Gasteiger partial charge on any atom is 0.230 e. The van der Waals surface area contributed by atoms with Crippen molar-refractivity contribution in [2.45, 2.75) is 13.3 Å². The molecule has 1 heterocycles. The van der Waals surface area contributed by atoms with Gasteiger partial charge in [-0.05, 0) is 25.1 Å². The van der Waals surface area contributed by atoms with Gasteiger partial charge in [0.25, 0.3) is 0 Å². The van der Waals surface area contributed by atoms with Crippen molar-refractivity contribution in [3.63, 3.8) is 0 Å². The number of nitrogens with one attached hydrogen (secondary N) is 2. The predicted octanol–water partition coefficient (Wildman–Crippen LogP) is 3.21. The van der Waals surface area contributed by atoms with E-state index >= 15 is 0 Å². The normalized spacial score (nSPS) is 10.4. The second-order valence-corrected chi connectivity index (χ2v) is 4.65. The number of carbonyl (C=O) groups is 1. The third-order valence-corrected chi connectivity index (χ3v) is 3.15. The monoisotopic (exact) mass is 283 g/mol. The lowest BCUT2D eigenvalue weighted by molar-refractivity contribution is -0.115. The number of carbonyl (C=O) groups excluding carboxylic acids is 1. The van der Waals surface area contributed by atoms with Gasteiger partial charge in [0.1, 0.15) is 0 Å². The van der Waals surface area contributed by atoms with Crippen LogP contribution in [0.3, 0.4) is 0 Å². The molecule has 0 spiro atoms. The number of hydrogen-bond donors (Lipinski definition) is 2. The smallest absolute Gasteiger partial charge is 0.230 e. The second kappa shape index (κ2) is 5.42. The van der Waals surface area contributed by atoms with Crippen LogP contribution in [0.5, 0.6) is 0 Å². The quantitative estimate of drug-likeness (QED) is 0.909. The fraction of sp³-hybridized carbons (Fsp3) is 0.167. The zero-order valence-electron chi connectivity index (χ0n) is 9.63. The number of rotatable bonds is 3. The summed E-state index contributed by atoms with van der Waals surface area (Å²) in [5, 5.41) is 10.2. The van der Waals surface area contributed by atoms with Gasteiger partial charge in [-0.1, -0.05) is 29.3 Å². The van der Waals surface area contributed by atoms with Gasteiger partial charge in [-0.15, -0.1) is 0 Å². The molecule has 94 valence electrons. The first kappa shape index (κ1) is 12.9.